The minimum absolute atomic E-state index is 0.0354. The van der Waals surface area contributed by atoms with Crippen LogP contribution in [0.2, 0.25) is 0 Å². The molecule has 0 unspecified atom stereocenters. The van der Waals surface area contributed by atoms with Gasteiger partial charge < -0.3 is 15.0 Å². The lowest BCUT2D eigenvalue weighted by Crippen LogP contribution is -2.37. The fourth-order valence-electron chi connectivity index (χ4n) is 4.33. The fraction of sp³-hybridized carbons (Fsp3) is 0.440. The molecule has 0 heterocycles. The van der Waals surface area contributed by atoms with Gasteiger partial charge in [0, 0.05) is 30.3 Å². The molecule has 0 spiro atoms. The van der Waals surface area contributed by atoms with Crippen molar-refractivity contribution in [1.82, 2.24) is 5.32 Å². The highest BCUT2D eigenvalue weighted by molar-refractivity contribution is 5.96. The van der Waals surface area contributed by atoms with Crippen molar-refractivity contribution in [2.75, 3.05) is 4.90 Å². The van der Waals surface area contributed by atoms with Crippen LogP contribution in [-0.4, -0.2) is 23.9 Å². The van der Waals surface area contributed by atoms with Gasteiger partial charge in [-0.05, 0) is 74.6 Å². The van der Waals surface area contributed by atoms with E-state index in [1.54, 1.807) is 36.1 Å². The van der Waals surface area contributed by atoms with Crippen LogP contribution in [0.4, 0.5) is 14.5 Å². The van der Waals surface area contributed by atoms with Crippen LogP contribution in [0.1, 0.15) is 73.4 Å². The van der Waals surface area contributed by atoms with Crippen molar-refractivity contribution in [1.29, 1.82) is 0 Å². The second kappa shape index (κ2) is 9.27. The Bertz CT molecular complexity index is 1010. The quantitative estimate of drug-likeness (QED) is 0.580. The van der Waals surface area contributed by atoms with Gasteiger partial charge in [-0.15, -0.1) is 0 Å². The van der Waals surface area contributed by atoms with Crippen molar-refractivity contribution < 1.29 is 23.1 Å². The van der Waals surface area contributed by atoms with Crippen LogP contribution in [0, 0.1) is 6.92 Å². The molecule has 2 saturated carbocycles. The molecule has 5 nitrogen and oxygen atoms in total. The molecule has 2 aromatic carbocycles. The molecule has 0 atom stereocenters. The molecule has 2 fully saturated rings. The van der Waals surface area contributed by atoms with E-state index in [1.165, 1.54) is 19.1 Å². The summed E-state index contributed by atoms with van der Waals surface area (Å²) in [5.41, 5.74) is 1.46. The topological polar surface area (TPSA) is 58.6 Å². The van der Waals surface area contributed by atoms with Gasteiger partial charge in [-0.25, -0.2) is 8.78 Å². The summed E-state index contributed by atoms with van der Waals surface area (Å²) < 4.78 is 33.6. The Labute approximate surface area is 186 Å². The highest BCUT2D eigenvalue weighted by atomic mass is 19.3. The van der Waals surface area contributed by atoms with E-state index in [0.29, 0.717) is 22.6 Å². The van der Waals surface area contributed by atoms with E-state index >= 15 is 0 Å². The summed E-state index contributed by atoms with van der Waals surface area (Å²) in [6, 6.07) is 9.73. The Morgan fingerprint density at radius 2 is 1.78 bits per heavy atom. The van der Waals surface area contributed by atoms with Crippen LogP contribution in [-0.2, 0) is 4.79 Å². The molecule has 0 radical (unpaired) electrons. The van der Waals surface area contributed by atoms with E-state index in [2.05, 4.69) is 5.32 Å². The Balaban J connectivity index is 1.57. The zero-order chi connectivity index (χ0) is 22.8. The zero-order valence-electron chi connectivity index (χ0n) is 18.4. The third-order valence-electron chi connectivity index (χ3n) is 6.12. The lowest BCUT2D eigenvalue weighted by molar-refractivity contribution is -0.117. The summed E-state index contributed by atoms with van der Waals surface area (Å²) in [7, 11) is 0. The number of halogens is 2. The number of aryl methyl sites for hydroxylation is 1. The smallest absolute Gasteiger partial charge is 0.267 e. The number of rotatable bonds is 7. The SMILES string of the molecule is CC(=O)N(c1ccc(Oc2ccc(C(=O)NC3CC3)c(C)c2)c(C(F)F)c1)C1CCCC1. The number of hydrogen-bond acceptors (Lipinski definition) is 3. The average molecular weight is 443 g/mol. The molecule has 2 aliphatic carbocycles. The summed E-state index contributed by atoms with van der Waals surface area (Å²) >= 11 is 0. The molecule has 4 rings (SSSR count). The van der Waals surface area contributed by atoms with Crippen LogP contribution in [0.5, 0.6) is 11.5 Å². The van der Waals surface area contributed by atoms with Gasteiger partial charge in [0.05, 0.1) is 5.56 Å². The van der Waals surface area contributed by atoms with E-state index in [4.69, 9.17) is 4.74 Å². The molecule has 0 saturated heterocycles. The molecule has 7 heteroatoms. The molecule has 2 aliphatic rings. The number of carbonyl (C=O) groups excluding carboxylic acids is 2. The molecule has 0 aliphatic heterocycles. The van der Waals surface area contributed by atoms with E-state index in [1.807, 2.05) is 0 Å². The molecule has 32 heavy (non-hydrogen) atoms. The molecule has 0 bridgehead atoms. The van der Waals surface area contributed by atoms with Crippen LogP contribution >= 0.6 is 0 Å². The van der Waals surface area contributed by atoms with Crippen molar-refractivity contribution >= 4 is 17.5 Å². The maximum absolute atomic E-state index is 13.9. The summed E-state index contributed by atoms with van der Waals surface area (Å²) in [6.07, 6.45) is 3.06. The number of alkyl halides is 2. The molecule has 1 N–H and O–H groups in total. The first kappa shape index (κ1) is 22.2. The predicted octanol–water partition coefficient (Wildman–Crippen LogP) is 5.91. The highest BCUT2D eigenvalue weighted by Crippen LogP contribution is 2.38. The number of hydrogen-bond donors (Lipinski definition) is 1. The van der Waals surface area contributed by atoms with Gasteiger partial charge in [0.1, 0.15) is 11.5 Å². The van der Waals surface area contributed by atoms with Gasteiger partial charge in [0.15, 0.2) is 0 Å². The van der Waals surface area contributed by atoms with Crippen molar-refractivity contribution in [2.45, 2.75) is 70.9 Å². The number of nitrogens with one attached hydrogen (secondary N) is 1. The van der Waals surface area contributed by atoms with Gasteiger partial charge in [-0.1, -0.05) is 12.8 Å². The van der Waals surface area contributed by atoms with Crippen LogP contribution in [0.15, 0.2) is 36.4 Å². The van der Waals surface area contributed by atoms with Crippen molar-refractivity contribution in [3.8, 4) is 11.5 Å². The van der Waals surface area contributed by atoms with Crippen molar-refractivity contribution in [2.24, 2.45) is 0 Å². The van der Waals surface area contributed by atoms with Crippen molar-refractivity contribution in [3.05, 3.63) is 53.1 Å². The Morgan fingerprint density at radius 3 is 2.38 bits per heavy atom. The monoisotopic (exact) mass is 442 g/mol. The number of anilines is 1. The Hall–Kier alpha value is -2.96. The van der Waals surface area contributed by atoms with Crippen LogP contribution < -0.4 is 15.0 Å². The van der Waals surface area contributed by atoms with Gasteiger partial charge in [-0.2, -0.15) is 0 Å². The van der Waals surface area contributed by atoms with Crippen LogP contribution in [0.3, 0.4) is 0 Å². The standard InChI is InChI=1S/C25H28F2N2O3/c1-15-13-20(10-11-21(15)25(31)28-17-7-8-17)32-23-12-9-19(14-22(23)24(26)27)29(16(2)30)18-5-3-4-6-18/h9-14,17-18,24H,3-8H2,1-2H3,(H,28,31). The lowest BCUT2D eigenvalue weighted by atomic mass is 10.1. The second-order valence-corrected chi connectivity index (χ2v) is 8.68. The zero-order valence-corrected chi connectivity index (χ0v) is 18.4. The highest BCUT2D eigenvalue weighted by Gasteiger charge is 2.28. The fourth-order valence-corrected chi connectivity index (χ4v) is 4.33. The number of amides is 2. The molecule has 2 aromatic rings. The summed E-state index contributed by atoms with van der Waals surface area (Å²) in [5, 5.41) is 2.94. The molecule has 170 valence electrons. The first-order valence-electron chi connectivity index (χ1n) is 11.1. The first-order valence-corrected chi connectivity index (χ1v) is 11.1. The minimum Gasteiger partial charge on any atom is -0.457 e. The van der Waals surface area contributed by atoms with Gasteiger partial charge in [-0.3, -0.25) is 9.59 Å². The lowest BCUT2D eigenvalue weighted by Gasteiger charge is -2.28. The molecular formula is C25H28F2N2O3. The van der Waals surface area contributed by atoms with Crippen molar-refractivity contribution in [3.63, 3.8) is 0 Å². The maximum Gasteiger partial charge on any atom is 0.267 e. The third kappa shape index (κ3) is 4.92. The number of benzene rings is 2. The van der Waals surface area contributed by atoms with E-state index in [9.17, 15) is 18.4 Å². The number of ether oxygens (including phenoxy) is 1. The third-order valence-corrected chi connectivity index (χ3v) is 6.12. The number of nitrogens with zero attached hydrogens (tertiary/aromatic N) is 1. The summed E-state index contributed by atoms with van der Waals surface area (Å²) in [6.45, 7) is 3.26. The predicted molar refractivity (Wildman–Crippen MR) is 119 cm³/mol. The maximum atomic E-state index is 13.9. The summed E-state index contributed by atoms with van der Waals surface area (Å²) in [4.78, 5) is 26.2. The van der Waals surface area contributed by atoms with Crippen LogP contribution in [0.25, 0.3) is 0 Å². The molecular weight excluding hydrogens is 414 g/mol. The first-order chi connectivity index (χ1) is 15.3. The van der Waals surface area contributed by atoms with E-state index in [-0.39, 0.29) is 35.2 Å². The molecule has 0 aromatic heterocycles. The Kier molecular flexibility index (Phi) is 6.44. The molecule has 2 amide bonds. The van der Waals surface area contributed by atoms with Gasteiger partial charge in [0.2, 0.25) is 5.91 Å². The van der Waals surface area contributed by atoms with E-state index < -0.39 is 6.43 Å². The van der Waals surface area contributed by atoms with E-state index in [0.717, 1.165) is 38.5 Å². The average Bonchev–Trinajstić information content (AvgIpc) is 3.39. The van der Waals surface area contributed by atoms with Gasteiger partial charge in [0.25, 0.3) is 12.3 Å². The Morgan fingerprint density at radius 1 is 1.06 bits per heavy atom. The summed E-state index contributed by atoms with van der Waals surface area (Å²) in [5.74, 6) is 0.125. The normalized spacial score (nSPS) is 16.3. The largest absolute Gasteiger partial charge is 0.457 e. The minimum atomic E-state index is -2.76. The second-order valence-electron chi connectivity index (χ2n) is 8.68. The number of carbonyl (C=O) groups is 2. The van der Waals surface area contributed by atoms with Gasteiger partial charge >= 0.3 is 0 Å².